The van der Waals surface area contributed by atoms with Crippen molar-refractivity contribution in [2.24, 2.45) is 5.92 Å². The molecule has 1 aliphatic carbocycles. The minimum Gasteiger partial charge on any atom is -0.337 e. The summed E-state index contributed by atoms with van der Waals surface area (Å²) in [6, 6.07) is 5.89. The van der Waals surface area contributed by atoms with Gasteiger partial charge >= 0.3 is 0 Å². The number of nitro groups is 1. The maximum atomic E-state index is 13.1. The molecule has 30 heavy (non-hydrogen) atoms. The van der Waals surface area contributed by atoms with E-state index in [-0.39, 0.29) is 23.7 Å². The Morgan fingerprint density at radius 1 is 1.33 bits per heavy atom. The molecule has 1 unspecified atom stereocenters. The van der Waals surface area contributed by atoms with Crippen LogP contribution in [0.15, 0.2) is 39.9 Å². The summed E-state index contributed by atoms with van der Waals surface area (Å²) in [7, 11) is 0. The van der Waals surface area contributed by atoms with Gasteiger partial charge in [-0.2, -0.15) is 4.98 Å². The van der Waals surface area contributed by atoms with Gasteiger partial charge in [-0.05, 0) is 42.9 Å². The highest BCUT2D eigenvalue weighted by Gasteiger charge is 2.23. The van der Waals surface area contributed by atoms with Crippen molar-refractivity contribution in [3.8, 4) is 11.4 Å². The zero-order valence-corrected chi connectivity index (χ0v) is 16.9. The number of nitro benzene ring substituents is 1. The molecule has 4 aromatic rings. The predicted octanol–water partition coefficient (Wildman–Crippen LogP) is 3.59. The second-order valence-corrected chi connectivity index (χ2v) is 8.61. The third-order valence-electron chi connectivity index (χ3n) is 5.39. The highest BCUT2D eigenvalue weighted by Crippen LogP contribution is 2.35. The number of hydrogen-bond acceptors (Lipinski definition) is 8. The Bertz CT molecular complexity index is 1320. The predicted molar refractivity (Wildman–Crippen MR) is 111 cm³/mol. The topological polar surface area (TPSA) is 117 Å². The Kier molecular flexibility index (Phi) is 4.43. The number of hydrogen-bond donors (Lipinski definition) is 0. The van der Waals surface area contributed by atoms with Gasteiger partial charge in [0, 0.05) is 22.6 Å². The monoisotopic (exact) mass is 423 g/mol. The van der Waals surface area contributed by atoms with Crippen molar-refractivity contribution in [3.63, 3.8) is 0 Å². The van der Waals surface area contributed by atoms with E-state index in [0.29, 0.717) is 22.7 Å². The lowest BCUT2D eigenvalue weighted by atomic mass is 9.89. The summed E-state index contributed by atoms with van der Waals surface area (Å²) in [4.78, 5) is 34.3. The standard InChI is InChI=1S/C20H17N5O4S/c1-11-2-7-14-15(8-11)30-19-17(14)20(26)24(10-21-19)9-16-22-18(23-29-16)12-3-5-13(6-4-12)25(27)28/h3-6,10-11H,2,7-9H2,1H3. The molecule has 0 spiro atoms. The molecule has 3 heterocycles. The van der Waals surface area contributed by atoms with E-state index < -0.39 is 4.92 Å². The number of nitrogens with zero attached hydrogens (tertiary/aromatic N) is 5. The summed E-state index contributed by atoms with van der Waals surface area (Å²) in [5.41, 5.74) is 1.62. The first-order valence-corrected chi connectivity index (χ1v) is 10.4. The normalized spacial score (nSPS) is 16.0. The van der Waals surface area contributed by atoms with Gasteiger partial charge in [0.2, 0.25) is 11.7 Å². The summed E-state index contributed by atoms with van der Waals surface area (Å²) in [5.74, 6) is 1.21. The Balaban J connectivity index is 1.44. The Hall–Kier alpha value is -3.40. The van der Waals surface area contributed by atoms with Gasteiger partial charge < -0.3 is 4.52 Å². The van der Waals surface area contributed by atoms with Crippen LogP contribution in [0.25, 0.3) is 21.6 Å². The summed E-state index contributed by atoms with van der Waals surface area (Å²) < 4.78 is 6.78. The highest BCUT2D eigenvalue weighted by atomic mass is 32.1. The number of non-ortho nitro benzene ring substituents is 1. The number of rotatable bonds is 4. The van der Waals surface area contributed by atoms with Crippen LogP contribution in [0.4, 0.5) is 5.69 Å². The summed E-state index contributed by atoms with van der Waals surface area (Å²) >= 11 is 1.61. The van der Waals surface area contributed by atoms with Crippen molar-refractivity contribution in [3.05, 3.63) is 67.4 Å². The first kappa shape index (κ1) is 18.6. The first-order chi connectivity index (χ1) is 14.5. The van der Waals surface area contributed by atoms with Gasteiger partial charge in [0.1, 0.15) is 11.4 Å². The fraction of sp³-hybridized carbons (Fsp3) is 0.300. The van der Waals surface area contributed by atoms with Crippen molar-refractivity contribution in [1.82, 2.24) is 19.7 Å². The van der Waals surface area contributed by atoms with Crippen LogP contribution in [-0.2, 0) is 19.4 Å². The van der Waals surface area contributed by atoms with Crippen LogP contribution in [0.1, 0.15) is 29.7 Å². The van der Waals surface area contributed by atoms with Gasteiger partial charge in [0.15, 0.2) is 0 Å². The minimum atomic E-state index is -0.467. The molecule has 0 saturated carbocycles. The van der Waals surface area contributed by atoms with Crippen LogP contribution in [0.3, 0.4) is 0 Å². The molecule has 10 heteroatoms. The molecule has 0 N–H and O–H groups in total. The molecule has 0 radical (unpaired) electrons. The number of fused-ring (bicyclic) bond motifs is 3. The van der Waals surface area contributed by atoms with Crippen LogP contribution >= 0.6 is 11.3 Å². The zero-order valence-electron chi connectivity index (χ0n) is 16.1. The number of aromatic nitrogens is 4. The van der Waals surface area contributed by atoms with E-state index in [0.717, 1.165) is 29.7 Å². The van der Waals surface area contributed by atoms with Crippen molar-refractivity contribution in [1.29, 1.82) is 0 Å². The smallest absolute Gasteiger partial charge is 0.269 e. The van der Waals surface area contributed by atoms with Crippen LogP contribution in [0, 0.1) is 16.0 Å². The third kappa shape index (κ3) is 3.18. The minimum absolute atomic E-state index is 0.0121. The molecule has 9 nitrogen and oxygen atoms in total. The lowest BCUT2D eigenvalue weighted by molar-refractivity contribution is -0.384. The largest absolute Gasteiger partial charge is 0.337 e. The van der Waals surface area contributed by atoms with E-state index in [2.05, 4.69) is 22.0 Å². The van der Waals surface area contributed by atoms with Gasteiger partial charge in [-0.3, -0.25) is 19.5 Å². The average molecular weight is 423 g/mol. The van der Waals surface area contributed by atoms with Crippen LogP contribution in [0.2, 0.25) is 0 Å². The van der Waals surface area contributed by atoms with Crippen molar-refractivity contribution < 1.29 is 9.45 Å². The van der Waals surface area contributed by atoms with Crippen molar-refractivity contribution in [2.75, 3.05) is 0 Å². The lowest BCUT2D eigenvalue weighted by Gasteiger charge is -2.17. The highest BCUT2D eigenvalue weighted by molar-refractivity contribution is 7.18. The zero-order chi connectivity index (χ0) is 20.8. The van der Waals surface area contributed by atoms with Gasteiger partial charge in [0.25, 0.3) is 11.2 Å². The SMILES string of the molecule is CC1CCc2c(sc3ncn(Cc4nc(-c5ccc([N+](=O)[O-])cc5)no4)c(=O)c23)C1. The van der Waals surface area contributed by atoms with E-state index in [1.165, 1.54) is 27.9 Å². The second-order valence-electron chi connectivity index (χ2n) is 7.53. The number of benzene rings is 1. The van der Waals surface area contributed by atoms with E-state index in [1.54, 1.807) is 23.5 Å². The van der Waals surface area contributed by atoms with Crippen LogP contribution in [-0.4, -0.2) is 24.6 Å². The number of aryl methyl sites for hydroxylation is 1. The van der Waals surface area contributed by atoms with Crippen LogP contribution in [0.5, 0.6) is 0 Å². The molecular formula is C20H17N5O4S. The molecule has 3 aromatic heterocycles. The van der Waals surface area contributed by atoms with E-state index in [9.17, 15) is 14.9 Å². The maximum Gasteiger partial charge on any atom is 0.269 e. The van der Waals surface area contributed by atoms with E-state index in [1.807, 2.05) is 0 Å². The third-order valence-corrected chi connectivity index (χ3v) is 6.55. The molecule has 5 rings (SSSR count). The van der Waals surface area contributed by atoms with E-state index in [4.69, 9.17) is 4.52 Å². The summed E-state index contributed by atoms with van der Waals surface area (Å²) in [5, 5.41) is 15.4. The summed E-state index contributed by atoms with van der Waals surface area (Å²) in [6.45, 7) is 2.35. The average Bonchev–Trinajstić information content (AvgIpc) is 3.34. The molecular weight excluding hydrogens is 406 g/mol. The summed E-state index contributed by atoms with van der Waals surface area (Å²) in [6.07, 6.45) is 4.50. The Morgan fingerprint density at radius 3 is 2.90 bits per heavy atom. The Morgan fingerprint density at radius 2 is 2.13 bits per heavy atom. The molecule has 152 valence electrons. The quantitative estimate of drug-likeness (QED) is 0.364. The fourth-order valence-corrected chi connectivity index (χ4v) is 5.13. The maximum absolute atomic E-state index is 13.1. The molecule has 0 amide bonds. The molecule has 1 atom stereocenters. The molecule has 0 aliphatic heterocycles. The second kappa shape index (κ2) is 7.13. The van der Waals surface area contributed by atoms with Gasteiger partial charge in [-0.1, -0.05) is 12.1 Å². The van der Waals surface area contributed by atoms with Gasteiger partial charge in [-0.25, -0.2) is 4.98 Å². The molecule has 0 fully saturated rings. The molecule has 1 aromatic carbocycles. The molecule has 0 bridgehead atoms. The van der Waals surface area contributed by atoms with Gasteiger partial charge in [0.05, 0.1) is 16.6 Å². The molecule has 1 aliphatic rings. The molecule has 0 saturated heterocycles. The first-order valence-electron chi connectivity index (χ1n) is 9.56. The fourth-order valence-electron chi connectivity index (χ4n) is 3.79. The van der Waals surface area contributed by atoms with Gasteiger partial charge in [-0.15, -0.1) is 11.3 Å². The van der Waals surface area contributed by atoms with Crippen molar-refractivity contribution in [2.45, 2.75) is 32.7 Å². The lowest BCUT2D eigenvalue weighted by Crippen LogP contribution is -2.22. The van der Waals surface area contributed by atoms with Crippen molar-refractivity contribution >= 4 is 27.2 Å². The van der Waals surface area contributed by atoms with Crippen LogP contribution < -0.4 is 5.56 Å². The van der Waals surface area contributed by atoms with E-state index >= 15 is 0 Å². The Labute approximate surface area is 174 Å². The number of thiophene rings is 1.